The van der Waals surface area contributed by atoms with E-state index in [-0.39, 0.29) is 0 Å². The van der Waals surface area contributed by atoms with Crippen LogP contribution in [0.3, 0.4) is 0 Å². The first-order valence-electron chi connectivity index (χ1n) is 6.77. The molecule has 16 heavy (non-hydrogen) atoms. The molecular weight excluding hydrogens is 200 g/mol. The Morgan fingerprint density at radius 2 is 2.12 bits per heavy atom. The van der Waals surface area contributed by atoms with E-state index in [2.05, 4.69) is 13.8 Å². The molecule has 2 aliphatic carbocycles. The molecule has 5 atom stereocenters. The molecule has 0 saturated heterocycles. The molecule has 2 rings (SSSR count). The molecular formula is C14H26O2. The van der Waals surface area contributed by atoms with Crippen LogP contribution >= 0.6 is 0 Å². The van der Waals surface area contributed by atoms with Gasteiger partial charge >= 0.3 is 0 Å². The van der Waals surface area contributed by atoms with Crippen LogP contribution in [0.1, 0.15) is 46.0 Å². The Morgan fingerprint density at radius 1 is 1.38 bits per heavy atom. The highest BCUT2D eigenvalue weighted by Crippen LogP contribution is 2.58. The Morgan fingerprint density at radius 3 is 2.75 bits per heavy atom. The summed E-state index contributed by atoms with van der Waals surface area (Å²) in [5, 5.41) is 9.39. The predicted molar refractivity (Wildman–Crippen MR) is 65.2 cm³/mol. The summed E-state index contributed by atoms with van der Waals surface area (Å²) in [4.78, 5) is 0. The molecule has 0 spiro atoms. The minimum atomic E-state index is 0.338. The van der Waals surface area contributed by atoms with E-state index in [0.29, 0.717) is 30.0 Å². The average Bonchev–Trinajstić information content (AvgIpc) is 2.64. The average molecular weight is 226 g/mol. The van der Waals surface area contributed by atoms with Crippen LogP contribution in [0, 0.1) is 23.2 Å². The van der Waals surface area contributed by atoms with Gasteiger partial charge in [0.25, 0.3) is 0 Å². The SMILES string of the molecule is COC1CCC[C@@]2(C)C1CCC2[C@H](C)CO. The van der Waals surface area contributed by atoms with Gasteiger partial charge in [-0.1, -0.05) is 20.3 Å². The maximum atomic E-state index is 9.39. The lowest BCUT2D eigenvalue weighted by Gasteiger charge is -2.46. The number of methoxy groups -OCH3 is 1. The fourth-order valence-electron chi connectivity index (χ4n) is 4.50. The molecule has 1 N–H and O–H groups in total. The number of rotatable bonds is 3. The Kier molecular flexibility index (Phi) is 3.60. The maximum absolute atomic E-state index is 9.39. The van der Waals surface area contributed by atoms with Crippen LogP contribution < -0.4 is 0 Å². The molecule has 0 amide bonds. The normalized spacial score (nSPS) is 45.4. The highest BCUT2D eigenvalue weighted by atomic mass is 16.5. The Hall–Kier alpha value is -0.0800. The van der Waals surface area contributed by atoms with Gasteiger partial charge in [0.2, 0.25) is 0 Å². The largest absolute Gasteiger partial charge is 0.396 e. The van der Waals surface area contributed by atoms with Crippen molar-refractivity contribution in [2.24, 2.45) is 23.2 Å². The van der Waals surface area contributed by atoms with Crippen LogP contribution in [-0.2, 0) is 4.74 Å². The molecule has 3 unspecified atom stereocenters. The Labute approximate surface area is 99.4 Å². The van der Waals surface area contributed by atoms with Gasteiger partial charge in [-0.05, 0) is 48.9 Å². The van der Waals surface area contributed by atoms with Crippen LogP contribution in [0.25, 0.3) is 0 Å². The minimum Gasteiger partial charge on any atom is -0.396 e. The fourth-order valence-corrected chi connectivity index (χ4v) is 4.50. The molecule has 0 bridgehead atoms. The first-order valence-corrected chi connectivity index (χ1v) is 6.77. The number of fused-ring (bicyclic) bond motifs is 1. The first-order chi connectivity index (χ1) is 7.63. The van der Waals surface area contributed by atoms with Crippen LogP contribution in [-0.4, -0.2) is 24.9 Å². The van der Waals surface area contributed by atoms with Gasteiger partial charge in [0.1, 0.15) is 0 Å². The van der Waals surface area contributed by atoms with Gasteiger partial charge in [-0.25, -0.2) is 0 Å². The third kappa shape index (κ3) is 1.80. The summed E-state index contributed by atoms with van der Waals surface area (Å²) in [6, 6.07) is 0. The van der Waals surface area contributed by atoms with E-state index in [1.54, 1.807) is 0 Å². The minimum absolute atomic E-state index is 0.338. The van der Waals surface area contributed by atoms with E-state index >= 15 is 0 Å². The summed E-state index contributed by atoms with van der Waals surface area (Å²) in [5.41, 5.74) is 0.418. The molecule has 2 aliphatic rings. The monoisotopic (exact) mass is 226 g/mol. The zero-order valence-electron chi connectivity index (χ0n) is 10.9. The lowest BCUT2D eigenvalue weighted by Crippen LogP contribution is -2.42. The van der Waals surface area contributed by atoms with E-state index in [9.17, 15) is 5.11 Å². The van der Waals surface area contributed by atoms with Crippen molar-refractivity contribution < 1.29 is 9.84 Å². The van der Waals surface area contributed by atoms with Crippen molar-refractivity contribution in [3.63, 3.8) is 0 Å². The lowest BCUT2D eigenvalue weighted by atomic mass is 9.62. The fraction of sp³-hybridized carbons (Fsp3) is 1.00. The van der Waals surface area contributed by atoms with Crippen LogP contribution in [0.15, 0.2) is 0 Å². The summed E-state index contributed by atoms with van der Waals surface area (Å²) in [6.45, 7) is 4.98. The number of ether oxygens (including phenoxy) is 1. The lowest BCUT2D eigenvalue weighted by molar-refractivity contribution is -0.0531. The smallest absolute Gasteiger partial charge is 0.0604 e. The highest BCUT2D eigenvalue weighted by molar-refractivity contribution is 5.01. The van der Waals surface area contributed by atoms with Crippen LogP contribution in [0.2, 0.25) is 0 Å². The van der Waals surface area contributed by atoms with Gasteiger partial charge in [0.15, 0.2) is 0 Å². The van der Waals surface area contributed by atoms with Crippen molar-refractivity contribution in [3.05, 3.63) is 0 Å². The zero-order chi connectivity index (χ0) is 11.8. The second kappa shape index (κ2) is 4.66. The summed E-state index contributed by atoms with van der Waals surface area (Å²) in [6.07, 6.45) is 6.89. The number of hydrogen-bond donors (Lipinski definition) is 1. The molecule has 0 aromatic carbocycles. The van der Waals surface area contributed by atoms with Gasteiger partial charge in [0.05, 0.1) is 6.10 Å². The van der Waals surface area contributed by atoms with Gasteiger partial charge in [-0.3, -0.25) is 0 Å². The molecule has 0 aromatic rings. The first kappa shape index (κ1) is 12.4. The van der Waals surface area contributed by atoms with Gasteiger partial charge in [-0.15, -0.1) is 0 Å². The summed E-state index contributed by atoms with van der Waals surface area (Å²) >= 11 is 0. The Balaban J connectivity index is 2.17. The van der Waals surface area contributed by atoms with Crippen LogP contribution in [0.4, 0.5) is 0 Å². The van der Waals surface area contributed by atoms with Crippen molar-refractivity contribution in [2.45, 2.75) is 52.1 Å². The molecule has 0 heterocycles. The third-order valence-electron chi connectivity index (χ3n) is 5.41. The number of hydrogen-bond acceptors (Lipinski definition) is 2. The number of aliphatic hydroxyl groups is 1. The van der Waals surface area contributed by atoms with E-state index in [1.165, 1.54) is 32.1 Å². The molecule has 2 nitrogen and oxygen atoms in total. The maximum Gasteiger partial charge on any atom is 0.0604 e. The molecule has 2 fully saturated rings. The second-order valence-electron chi connectivity index (χ2n) is 6.12. The molecule has 94 valence electrons. The van der Waals surface area contributed by atoms with Crippen molar-refractivity contribution in [1.82, 2.24) is 0 Å². The van der Waals surface area contributed by atoms with Gasteiger partial charge < -0.3 is 9.84 Å². The van der Waals surface area contributed by atoms with E-state index in [1.807, 2.05) is 7.11 Å². The van der Waals surface area contributed by atoms with Gasteiger partial charge in [-0.2, -0.15) is 0 Å². The van der Waals surface area contributed by atoms with Crippen LogP contribution in [0.5, 0.6) is 0 Å². The summed E-state index contributed by atoms with van der Waals surface area (Å²) in [7, 11) is 1.86. The quantitative estimate of drug-likeness (QED) is 0.802. The second-order valence-corrected chi connectivity index (χ2v) is 6.12. The zero-order valence-corrected chi connectivity index (χ0v) is 10.9. The highest BCUT2D eigenvalue weighted by Gasteiger charge is 2.52. The Bertz CT molecular complexity index is 233. The molecule has 0 radical (unpaired) electrons. The summed E-state index contributed by atoms with van der Waals surface area (Å²) in [5.74, 6) is 1.87. The van der Waals surface area contributed by atoms with Crippen molar-refractivity contribution in [1.29, 1.82) is 0 Å². The molecule has 0 aliphatic heterocycles. The third-order valence-corrected chi connectivity index (χ3v) is 5.41. The van der Waals surface area contributed by atoms with Crippen molar-refractivity contribution in [3.8, 4) is 0 Å². The molecule has 0 aromatic heterocycles. The standard InChI is InChI=1S/C14H26O2/c1-10(9-15)11-6-7-12-13(16-3)5-4-8-14(11,12)2/h10-13,15H,4-9H2,1-3H3/t10-,11?,12?,13?,14-/m1/s1. The van der Waals surface area contributed by atoms with Crippen molar-refractivity contribution >= 4 is 0 Å². The van der Waals surface area contributed by atoms with E-state index < -0.39 is 0 Å². The van der Waals surface area contributed by atoms with Gasteiger partial charge in [0, 0.05) is 13.7 Å². The topological polar surface area (TPSA) is 29.5 Å². The number of aliphatic hydroxyl groups excluding tert-OH is 1. The molecule has 2 heteroatoms. The van der Waals surface area contributed by atoms with E-state index in [4.69, 9.17) is 4.74 Å². The predicted octanol–water partition coefficient (Wildman–Crippen LogP) is 2.85. The summed E-state index contributed by atoms with van der Waals surface area (Å²) < 4.78 is 5.67. The molecule has 2 saturated carbocycles. The van der Waals surface area contributed by atoms with Crippen molar-refractivity contribution in [2.75, 3.05) is 13.7 Å². The van der Waals surface area contributed by atoms with E-state index in [0.717, 1.165) is 5.92 Å².